The number of benzene rings is 2. The highest BCUT2D eigenvalue weighted by atomic mass is 35.5. The molecule has 0 aliphatic carbocycles. The highest BCUT2D eigenvalue weighted by molar-refractivity contribution is 7.89. The van der Waals surface area contributed by atoms with E-state index in [9.17, 15) is 18.0 Å². The summed E-state index contributed by atoms with van der Waals surface area (Å²) < 4.78 is 34.0. The van der Waals surface area contributed by atoms with Crippen molar-refractivity contribution in [1.29, 1.82) is 0 Å². The van der Waals surface area contributed by atoms with E-state index in [0.29, 0.717) is 56.1 Å². The summed E-state index contributed by atoms with van der Waals surface area (Å²) in [6.45, 7) is 2.14. The Labute approximate surface area is 210 Å². The van der Waals surface area contributed by atoms with Crippen molar-refractivity contribution in [2.24, 2.45) is 11.7 Å². The SMILES string of the molecule is NC(=O)C1CCN(c2ccc(NC(=O)[C@H](Cl)c3ccccc3)cc2S(=O)(=O)N2CCOCC2)CC1. The van der Waals surface area contributed by atoms with Crippen molar-refractivity contribution in [3.63, 3.8) is 0 Å². The Hall–Kier alpha value is -2.66. The number of anilines is 2. The van der Waals surface area contributed by atoms with Gasteiger partial charge in [-0.15, -0.1) is 11.6 Å². The van der Waals surface area contributed by atoms with Gasteiger partial charge in [-0.25, -0.2) is 8.42 Å². The molecule has 9 nitrogen and oxygen atoms in total. The summed E-state index contributed by atoms with van der Waals surface area (Å²) in [4.78, 5) is 26.4. The smallest absolute Gasteiger partial charge is 0.246 e. The fourth-order valence-electron chi connectivity index (χ4n) is 4.37. The maximum Gasteiger partial charge on any atom is 0.246 e. The zero-order chi connectivity index (χ0) is 25.0. The van der Waals surface area contributed by atoms with Crippen LogP contribution < -0.4 is 16.0 Å². The Morgan fingerprint density at radius 3 is 2.31 bits per heavy atom. The first kappa shape index (κ1) is 25.4. The molecule has 3 N–H and O–H groups in total. The predicted octanol–water partition coefficient (Wildman–Crippen LogP) is 2.33. The summed E-state index contributed by atoms with van der Waals surface area (Å²) in [7, 11) is -3.87. The van der Waals surface area contributed by atoms with Gasteiger partial charge in [0.2, 0.25) is 21.8 Å². The van der Waals surface area contributed by atoms with Crippen LogP contribution in [0.2, 0.25) is 0 Å². The van der Waals surface area contributed by atoms with Gasteiger partial charge < -0.3 is 20.7 Å². The lowest BCUT2D eigenvalue weighted by molar-refractivity contribution is -0.122. The van der Waals surface area contributed by atoms with E-state index < -0.39 is 21.3 Å². The summed E-state index contributed by atoms with van der Waals surface area (Å²) in [6, 6.07) is 13.8. The van der Waals surface area contributed by atoms with Crippen LogP contribution in [0.25, 0.3) is 0 Å². The number of piperidine rings is 1. The molecule has 2 aliphatic heterocycles. The van der Waals surface area contributed by atoms with Crippen LogP contribution >= 0.6 is 11.6 Å². The Bertz CT molecular complexity index is 1160. The van der Waals surface area contributed by atoms with Crippen LogP contribution in [0.4, 0.5) is 11.4 Å². The van der Waals surface area contributed by atoms with Crippen molar-refractivity contribution in [2.45, 2.75) is 23.1 Å². The predicted molar refractivity (Wildman–Crippen MR) is 134 cm³/mol. The van der Waals surface area contributed by atoms with E-state index in [0.717, 1.165) is 0 Å². The molecule has 2 saturated heterocycles. The largest absolute Gasteiger partial charge is 0.379 e. The second kappa shape index (κ2) is 10.9. The molecule has 2 aliphatic rings. The van der Waals surface area contributed by atoms with Gasteiger partial charge in [-0.1, -0.05) is 30.3 Å². The molecule has 4 rings (SSSR count). The van der Waals surface area contributed by atoms with Gasteiger partial charge in [-0.3, -0.25) is 9.59 Å². The molecule has 0 spiro atoms. The average molecular weight is 521 g/mol. The van der Waals surface area contributed by atoms with Crippen LogP contribution in [0.3, 0.4) is 0 Å². The average Bonchev–Trinajstić information content (AvgIpc) is 2.89. The van der Waals surface area contributed by atoms with Crippen molar-refractivity contribution < 1.29 is 22.7 Å². The summed E-state index contributed by atoms with van der Waals surface area (Å²) in [5, 5.41) is 1.82. The lowest BCUT2D eigenvalue weighted by atomic mass is 9.96. The molecule has 2 amide bonds. The molecule has 11 heteroatoms. The number of carbonyl (C=O) groups excluding carboxylic acids is 2. The van der Waals surface area contributed by atoms with Gasteiger partial charge in [-0.05, 0) is 36.6 Å². The van der Waals surface area contributed by atoms with Gasteiger partial charge in [0, 0.05) is 37.8 Å². The van der Waals surface area contributed by atoms with Crippen molar-refractivity contribution in [1.82, 2.24) is 4.31 Å². The molecule has 1 atom stereocenters. The Balaban J connectivity index is 1.63. The number of primary amides is 1. The number of nitrogens with zero attached hydrogens (tertiary/aromatic N) is 2. The Morgan fingerprint density at radius 2 is 1.69 bits per heavy atom. The minimum absolute atomic E-state index is 0.0977. The molecule has 2 aromatic carbocycles. The maximum absolute atomic E-state index is 13.6. The summed E-state index contributed by atoms with van der Waals surface area (Å²) in [5.74, 6) is -1.01. The number of morpholine rings is 1. The van der Waals surface area contributed by atoms with Gasteiger partial charge in [0.25, 0.3) is 0 Å². The fourth-order valence-corrected chi connectivity index (χ4v) is 6.22. The third-order valence-corrected chi connectivity index (χ3v) is 8.75. The maximum atomic E-state index is 13.6. The minimum atomic E-state index is -3.87. The number of halogens is 1. The van der Waals surface area contributed by atoms with E-state index >= 15 is 0 Å². The van der Waals surface area contributed by atoms with Gasteiger partial charge >= 0.3 is 0 Å². The standard InChI is InChI=1S/C24H29ClN4O5S/c25-22(17-4-2-1-3-5-17)24(31)27-19-6-7-20(28-10-8-18(9-11-28)23(26)30)21(16-19)35(32,33)29-12-14-34-15-13-29/h1-7,16,18,22H,8-15H2,(H2,26,30)(H,27,31)/t22-/m1/s1. The molecule has 35 heavy (non-hydrogen) atoms. The summed E-state index contributed by atoms with van der Waals surface area (Å²) in [6.07, 6.45) is 1.10. The quantitative estimate of drug-likeness (QED) is 0.540. The molecule has 2 aromatic rings. The van der Waals surface area contributed by atoms with Crippen LogP contribution in [0, 0.1) is 5.92 Å². The molecule has 2 heterocycles. The van der Waals surface area contributed by atoms with Crippen molar-refractivity contribution in [2.75, 3.05) is 49.6 Å². The lowest BCUT2D eigenvalue weighted by Gasteiger charge is -2.35. The number of carbonyl (C=O) groups is 2. The number of hydrogen-bond donors (Lipinski definition) is 2. The first-order valence-corrected chi connectivity index (χ1v) is 13.4. The molecule has 2 fully saturated rings. The van der Waals surface area contributed by atoms with Gasteiger partial charge in [0.1, 0.15) is 10.3 Å². The number of nitrogens with one attached hydrogen (secondary N) is 1. The zero-order valence-electron chi connectivity index (χ0n) is 19.2. The van der Waals surface area contributed by atoms with Crippen LogP contribution in [0.5, 0.6) is 0 Å². The second-order valence-electron chi connectivity index (χ2n) is 8.63. The molecular formula is C24H29ClN4O5S. The fraction of sp³-hybridized carbons (Fsp3) is 0.417. The number of rotatable bonds is 7. The van der Waals surface area contributed by atoms with Crippen molar-refractivity contribution in [3.05, 3.63) is 54.1 Å². The molecule has 0 radical (unpaired) electrons. The first-order valence-electron chi connectivity index (χ1n) is 11.5. The third kappa shape index (κ3) is 5.78. The summed E-state index contributed by atoms with van der Waals surface area (Å²) in [5.41, 5.74) is 6.96. The molecule has 0 unspecified atom stereocenters. The number of amides is 2. The minimum Gasteiger partial charge on any atom is -0.379 e. The molecular weight excluding hydrogens is 492 g/mol. The molecule has 0 bridgehead atoms. The molecule has 0 aromatic heterocycles. The highest BCUT2D eigenvalue weighted by Gasteiger charge is 2.32. The van der Waals surface area contributed by atoms with Crippen molar-refractivity contribution in [3.8, 4) is 0 Å². The van der Waals surface area contributed by atoms with Crippen LogP contribution in [0.15, 0.2) is 53.4 Å². The van der Waals surface area contributed by atoms with Crippen LogP contribution in [-0.4, -0.2) is 63.9 Å². The van der Waals surface area contributed by atoms with Crippen LogP contribution in [0.1, 0.15) is 23.8 Å². The number of sulfonamides is 1. The third-order valence-electron chi connectivity index (χ3n) is 6.38. The monoisotopic (exact) mass is 520 g/mol. The number of alkyl halides is 1. The molecule has 188 valence electrons. The lowest BCUT2D eigenvalue weighted by Crippen LogP contribution is -2.42. The van der Waals surface area contributed by atoms with E-state index in [1.54, 1.807) is 36.4 Å². The highest BCUT2D eigenvalue weighted by Crippen LogP contribution is 2.34. The van der Waals surface area contributed by atoms with Gasteiger partial charge in [0.05, 0.1) is 18.9 Å². The summed E-state index contributed by atoms with van der Waals surface area (Å²) >= 11 is 6.35. The van der Waals surface area contributed by atoms with Crippen molar-refractivity contribution >= 4 is 44.8 Å². The van der Waals surface area contributed by atoms with Gasteiger partial charge in [0.15, 0.2) is 0 Å². The number of nitrogens with two attached hydrogens (primary N) is 1. The van der Waals surface area contributed by atoms with Gasteiger partial charge in [-0.2, -0.15) is 4.31 Å². The number of hydrogen-bond acceptors (Lipinski definition) is 6. The van der Waals surface area contributed by atoms with Crippen LogP contribution in [-0.2, 0) is 24.3 Å². The van der Waals surface area contributed by atoms with E-state index in [-0.39, 0.29) is 29.8 Å². The topological polar surface area (TPSA) is 122 Å². The van der Waals surface area contributed by atoms with E-state index in [2.05, 4.69) is 5.32 Å². The zero-order valence-corrected chi connectivity index (χ0v) is 20.8. The Morgan fingerprint density at radius 1 is 1.03 bits per heavy atom. The first-order chi connectivity index (χ1) is 16.8. The van der Waals surface area contributed by atoms with E-state index in [4.69, 9.17) is 22.1 Å². The number of ether oxygens (including phenoxy) is 1. The van der Waals surface area contributed by atoms with E-state index in [1.807, 2.05) is 11.0 Å². The normalized spacial score (nSPS) is 18.7. The second-order valence-corrected chi connectivity index (χ2v) is 11.0. The molecule has 0 saturated carbocycles. The van der Waals surface area contributed by atoms with E-state index in [1.165, 1.54) is 10.4 Å². The Kier molecular flexibility index (Phi) is 7.95.